The zero-order valence-corrected chi connectivity index (χ0v) is 10.6. The molecule has 0 heterocycles. The second-order valence-electron chi connectivity index (χ2n) is 4.89. The zero-order valence-electron chi connectivity index (χ0n) is 10.6. The summed E-state index contributed by atoms with van der Waals surface area (Å²) in [5.74, 6) is -0.0611. The van der Waals surface area contributed by atoms with E-state index in [0.717, 1.165) is 12.8 Å². The van der Waals surface area contributed by atoms with Gasteiger partial charge in [-0.3, -0.25) is 4.79 Å². The Morgan fingerprint density at radius 2 is 2.00 bits per heavy atom. The average molecular weight is 252 g/mol. The molecule has 0 spiro atoms. The molecule has 0 saturated carbocycles. The number of nitrogen functional groups attached to an aromatic ring is 1. The van der Waals surface area contributed by atoms with E-state index in [2.05, 4.69) is 17.4 Å². The Morgan fingerprint density at radius 1 is 1.16 bits per heavy atom. The van der Waals surface area contributed by atoms with Crippen LogP contribution < -0.4 is 11.1 Å². The molecule has 19 heavy (non-hydrogen) atoms. The summed E-state index contributed by atoms with van der Waals surface area (Å²) < 4.78 is 0. The van der Waals surface area contributed by atoms with Crippen molar-refractivity contribution in [1.29, 1.82) is 0 Å². The summed E-state index contributed by atoms with van der Waals surface area (Å²) in [7, 11) is 0. The van der Waals surface area contributed by atoms with E-state index in [4.69, 9.17) is 5.73 Å². The Morgan fingerprint density at radius 3 is 2.84 bits per heavy atom. The Kier molecular flexibility index (Phi) is 2.95. The number of rotatable bonds is 2. The van der Waals surface area contributed by atoms with Gasteiger partial charge in [0.15, 0.2) is 0 Å². The number of anilines is 1. The van der Waals surface area contributed by atoms with E-state index in [9.17, 15) is 4.79 Å². The molecule has 0 fully saturated rings. The molecular formula is C16H16N2O. The van der Waals surface area contributed by atoms with Crippen LogP contribution in [0.1, 0.15) is 33.9 Å². The lowest BCUT2D eigenvalue weighted by Crippen LogP contribution is -2.27. The van der Waals surface area contributed by atoms with Gasteiger partial charge in [-0.25, -0.2) is 0 Å². The normalized spacial score (nSPS) is 16.9. The van der Waals surface area contributed by atoms with Crippen LogP contribution in [0.25, 0.3) is 0 Å². The molecule has 0 unspecified atom stereocenters. The Balaban J connectivity index is 1.78. The first kappa shape index (κ1) is 11.8. The van der Waals surface area contributed by atoms with Gasteiger partial charge >= 0.3 is 0 Å². The topological polar surface area (TPSA) is 55.1 Å². The number of hydrogen-bond donors (Lipinski definition) is 2. The monoisotopic (exact) mass is 252 g/mol. The first-order valence-electron chi connectivity index (χ1n) is 6.48. The van der Waals surface area contributed by atoms with E-state index in [1.807, 2.05) is 12.1 Å². The van der Waals surface area contributed by atoms with Gasteiger partial charge in [0.1, 0.15) is 0 Å². The number of nitrogens with one attached hydrogen (secondary N) is 1. The molecule has 0 aromatic heterocycles. The number of carbonyl (C=O) groups excluding carboxylic acids is 1. The van der Waals surface area contributed by atoms with Crippen molar-refractivity contribution < 1.29 is 4.79 Å². The smallest absolute Gasteiger partial charge is 0.251 e. The third kappa shape index (κ3) is 2.32. The summed E-state index contributed by atoms with van der Waals surface area (Å²) in [4.78, 5) is 12.2. The third-order valence-corrected chi connectivity index (χ3v) is 3.59. The maximum atomic E-state index is 12.2. The summed E-state index contributed by atoms with van der Waals surface area (Å²) in [6.07, 6.45) is 1.99. The highest BCUT2D eigenvalue weighted by atomic mass is 16.1. The Labute approximate surface area is 112 Å². The number of nitrogens with two attached hydrogens (primary N) is 1. The molecule has 1 amide bonds. The van der Waals surface area contributed by atoms with Crippen LogP contribution in [0, 0.1) is 0 Å². The van der Waals surface area contributed by atoms with Crippen LogP contribution in [-0.2, 0) is 6.42 Å². The summed E-state index contributed by atoms with van der Waals surface area (Å²) in [5, 5.41) is 3.08. The maximum Gasteiger partial charge on any atom is 0.251 e. The molecule has 3 rings (SSSR count). The number of hydrogen-bond acceptors (Lipinski definition) is 2. The predicted octanol–water partition coefficient (Wildman–Crippen LogP) is 2.69. The van der Waals surface area contributed by atoms with Gasteiger partial charge in [-0.1, -0.05) is 30.3 Å². The molecule has 3 N–H and O–H groups in total. The second-order valence-corrected chi connectivity index (χ2v) is 4.89. The van der Waals surface area contributed by atoms with Gasteiger partial charge in [0, 0.05) is 11.3 Å². The van der Waals surface area contributed by atoms with Crippen molar-refractivity contribution in [2.24, 2.45) is 0 Å². The number of fused-ring (bicyclic) bond motifs is 1. The van der Waals surface area contributed by atoms with Crippen LogP contribution in [0.15, 0.2) is 48.5 Å². The molecule has 0 aliphatic heterocycles. The minimum absolute atomic E-state index is 0.0611. The Bertz CT molecular complexity index is 622. The second kappa shape index (κ2) is 4.76. The van der Waals surface area contributed by atoms with Gasteiger partial charge in [0.05, 0.1) is 6.04 Å². The van der Waals surface area contributed by atoms with Crippen molar-refractivity contribution in [3.8, 4) is 0 Å². The average Bonchev–Trinajstić information content (AvgIpc) is 2.82. The van der Waals surface area contributed by atoms with Gasteiger partial charge < -0.3 is 11.1 Å². The van der Waals surface area contributed by atoms with E-state index >= 15 is 0 Å². The quantitative estimate of drug-likeness (QED) is 0.807. The summed E-state index contributed by atoms with van der Waals surface area (Å²) >= 11 is 0. The molecule has 96 valence electrons. The van der Waals surface area contributed by atoms with Gasteiger partial charge in [0.2, 0.25) is 0 Å². The van der Waals surface area contributed by atoms with Crippen LogP contribution in [0.2, 0.25) is 0 Å². The molecule has 1 atom stereocenters. The van der Waals surface area contributed by atoms with Crippen LogP contribution >= 0.6 is 0 Å². The maximum absolute atomic E-state index is 12.2. The van der Waals surface area contributed by atoms with Crippen molar-refractivity contribution in [3.63, 3.8) is 0 Å². The van der Waals surface area contributed by atoms with E-state index in [-0.39, 0.29) is 11.9 Å². The molecule has 0 radical (unpaired) electrons. The fourth-order valence-corrected chi connectivity index (χ4v) is 2.63. The minimum Gasteiger partial charge on any atom is -0.399 e. The predicted molar refractivity (Wildman–Crippen MR) is 75.8 cm³/mol. The lowest BCUT2D eigenvalue weighted by molar-refractivity contribution is 0.0937. The van der Waals surface area contributed by atoms with Gasteiger partial charge in [0.25, 0.3) is 5.91 Å². The molecule has 3 heteroatoms. The zero-order chi connectivity index (χ0) is 13.2. The van der Waals surface area contributed by atoms with Crippen molar-refractivity contribution in [1.82, 2.24) is 5.32 Å². The van der Waals surface area contributed by atoms with E-state index < -0.39 is 0 Å². The van der Waals surface area contributed by atoms with Crippen molar-refractivity contribution >= 4 is 11.6 Å². The minimum atomic E-state index is -0.0611. The van der Waals surface area contributed by atoms with Gasteiger partial charge in [-0.15, -0.1) is 0 Å². The first-order valence-corrected chi connectivity index (χ1v) is 6.48. The van der Waals surface area contributed by atoms with Crippen molar-refractivity contribution in [3.05, 3.63) is 65.2 Å². The highest BCUT2D eigenvalue weighted by Crippen LogP contribution is 2.30. The third-order valence-electron chi connectivity index (χ3n) is 3.59. The lowest BCUT2D eigenvalue weighted by Gasteiger charge is -2.14. The molecule has 2 aromatic rings. The Hall–Kier alpha value is -2.29. The van der Waals surface area contributed by atoms with Crippen LogP contribution in [0.5, 0.6) is 0 Å². The molecule has 0 saturated heterocycles. The summed E-state index contributed by atoms with van der Waals surface area (Å²) in [6.45, 7) is 0. The van der Waals surface area contributed by atoms with Crippen LogP contribution in [-0.4, -0.2) is 5.91 Å². The molecule has 3 nitrogen and oxygen atoms in total. The number of amides is 1. The molecule has 1 aliphatic carbocycles. The molecule has 2 aromatic carbocycles. The summed E-state index contributed by atoms with van der Waals surface area (Å²) in [6, 6.07) is 15.5. The first-order chi connectivity index (χ1) is 9.24. The highest BCUT2D eigenvalue weighted by molar-refractivity contribution is 5.95. The van der Waals surface area contributed by atoms with Crippen LogP contribution in [0.4, 0.5) is 5.69 Å². The molecular weight excluding hydrogens is 236 g/mol. The van der Waals surface area contributed by atoms with E-state index in [0.29, 0.717) is 11.3 Å². The SMILES string of the molecule is Nc1cccc(C(=O)N[C@H]2CCc3ccccc32)c1. The molecule has 0 bridgehead atoms. The number of carbonyl (C=O) groups is 1. The van der Waals surface area contributed by atoms with E-state index in [1.54, 1.807) is 24.3 Å². The largest absolute Gasteiger partial charge is 0.399 e. The van der Waals surface area contributed by atoms with Gasteiger partial charge in [-0.2, -0.15) is 0 Å². The summed E-state index contributed by atoms with van der Waals surface area (Å²) in [5.41, 5.74) is 9.50. The van der Waals surface area contributed by atoms with Crippen LogP contribution in [0.3, 0.4) is 0 Å². The number of aryl methyl sites for hydroxylation is 1. The standard InChI is InChI=1S/C16H16N2O/c17-13-6-3-5-12(10-13)16(19)18-15-9-8-11-4-1-2-7-14(11)15/h1-7,10,15H,8-9,17H2,(H,18,19)/t15-/m0/s1. The fraction of sp³-hybridized carbons (Fsp3) is 0.188. The van der Waals surface area contributed by atoms with E-state index in [1.165, 1.54) is 11.1 Å². The highest BCUT2D eigenvalue weighted by Gasteiger charge is 2.23. The lowest BCUT2D eigenvalue weighted by atomic mass is 10.1. The van der Waals surface area contributed by atoms with Crippen molar-refractivity contribution in [2.75, 3.05) is 5.73 Å². The number of benzene rings is 2. The molecule has 1 aliphatic rings. The van der Waals surface area contributed by atoms with Gasteiger partial charge in [-0.05, 0) is 42.2 Å². The fourth-order valence-electron chi connectivity index (χ4n) is 2.63. The van der Waals surface area contributed by atoms with Crippen molar-refractivity contribution in [2.45, 2.75) is 18.9 Å².